The van der Waals surface area contributed by atoms with Crippen molar-refractivity contribution < 1.29 is 0 Å². The monoisotopic (exact) mass is 544 g/mol. The first-order chi connectivity index (χ1) is 16.6. The van der Waals surface area contributed by atoms with Crippen molar-refractivity contribution in [1.29, 1.82) is 0 Å². The van der Waals surface area contributed by atoms with Gasteiger partial charge in [-0.05, 0) is 63.1 Å². The lowest BCUT2D eigenvalue weighted by Gasteiger charge is -2.19. The summed E-state index contributed by atoms with van der Waals surface area (Å²) >= 11 is 0. The Bertz CT molecular complexity index is 783. The van der Waals surface area contributed by atoms with Gasteiger partial charge >= 0.3 is 0 Å². The third kappa shape index (κ3) is 9.34. The Morgan fingerprint density at radius 3 is 1.26 bits per heavy atom. The molecule has 0 saturated heterocycles. The highest BCUT2D eigenvalue weighted by Gasteiger charge is 2.13. The molecule has 10 nitrogen and oxygen atoms in total. The van der Waals surface area contributed by atoms with Crippen LogP contribution in [0.4, 0.5) is 23.8 Å². The molecular formula is C20H36N10S4. The van der Waals surface area contributed by atoms with Crippen LogP contribution in [0.25, 0.3) is 0 Å². The maximum absolute atomic E-state index is 4.65. The van der Waals surface area contributed by atoms with Gasteiger partial charge in [0.25, 0.3) is 0 Å². The molecule has 0 radical (unpaired) electrons. The van der Waals surface area contributed by atoms with Crippen molar-refractivity contribution >= 4 is 67.0 Å². The Morgan fingerprint density at radius 1 is 0.559 bits per heavy atom. The van der Waals surface area contributed by atoms with Crippen molar-refractivity contribution in [3.8, 4) is 0 Å². The van der Waals surface area contributed by atoms with Gasteiger partial charge in [0, 0.05) is 50.8 Å². The van der Waals surface area contributed by atoms with Gasteiger partial charge < -0.3 is 20.4 Å². The summed E-state index contributed by atoms with van der Waals surface area (Å²) in [6.45, 7) is 17.5. The fourth-order valence-electron chi connectivity index (χ4n) is 2.79. The van der Waals surface area contributed by atoms with E-state index in [9.17, 15) is 0 Å². The molecule has 14 heteroatoms. The van der Waals surface area contributed by atoms with E-state index in [-0.39, 0.29) is 0 Å². The Labute approximate surface area is 219 Å². The normalized spacial score (nSPS) is 10.9. The van der Waals surface area contributed by atoms with Crippen molar-refractivity contribution in [2.45, 2.75) is 51.9 Å². The Hall–Kier alpha value is -1.38. The largest absolute Gasteiger partial charge is 0.354 e. The molecule has 34 heavy (non-hydrogen) atoms. The van der Waals surface area contributed by atoms with Gasteiger partial charge in [-0.1, -0.05) is 21.6 Å². The van der Waals surface area contributed by atoms with E-state index in [0.717, 1.165) is 73.0 Å². The molecule has 0 aliphatic heterocycles. The lowest BCUT2D eigenvalue weighted by molar-refractivity contribution is 0.783. The zero-order chi connectivity index (χ0) is 24.8. The van der Waals surface area contributed by atoms with Crippen LogP contribution in [-0.4, -0.2) is 80.7 Å². The van der Waals surface area contributed by atoms with E-state index >= 15 is 0 Å². The van der Waals surface area contributed by atoms with Crippen LogP contribution < -0.4 is 20.4 Å². The van der Waals surface area contributed by atoms with Crippen LogP contribution in [0.1, 0.15) is 41.5 Å². The Kier molecular flexibility index (Phi) is 13.9. The predicted molar refractivity (Wildman–Crippen MR) is 152 cm³/mol. The topological polar surface area (TPSA) is 108 Å². The van der Waals surface area contributed by atoms with Crippen molar-refractivity contribution in [3.63, 3.8) is 0 Å². The number of anilines is 4. The number of nitrogens with one attached hydrogen (secondary N) is 2. The molecule has 0 unspecified atom stereocenters. The summed E-state index contributed by atoms with van der Waals surface area (Å²) in [4.78, 5) is 31.7. The van der Waals surface area contributed by atoms with Crippen LogP contribution in [0.5, 0.6) is 0 Å². The van der Waals surface area contributed by atoms with E-state index in [2.05, 4.69) is 78.0 Å². The molecule has 0 amide bonds. The van der Waals surface area contributed by atoms with Crippen LogP contribution in [0.3, 0.4) is 0 Å². The summed E-state index contributed by atoms with van der Waals surface area (Å²) in [5, 5.41) is 7.87. The summed E-state index contributed by atoms with van der Waals surface area (Å²) in [5.74, 6) is 4.59. The van der Waals surface area contributed by atoms with Crippen LogP contribution >= 0.6 is 43.2 Å². The predicted octanol–water partition coefficient (Wildman–Crippen LogP) is 4.79. The molecule has 2 aromatic rings. The summed E-state index contributed by atoms with van der Waals surface area (Å²) in [6, 6.07) is 0. The number of aromatic nitrogens is 6. The Morgan fingerprint density at radius 2 is 0.941 bits per heavy atom. The van der Waals surface area contributed by atoms with E-state index in [0.29, 0.717) is 11.9 Å². The second-order valence-corrected chi connectivity index (χ2v) is 11.5. The lowest BCUT2D eigenvalue weighted by Crippen LogP contribution is -2.25. The van der Waals surface area contributed by atoms with Crippen molar-refractivity contribution in [2.75, 3.05) is 71.2 Å². The van der Waals surface area contributed by atoms with E-state index in [4.69, 9.17) is 0 Å². The van der Waals surface area contributed by atoms with E-state index in [1.807, 2.05) is 13.8 Å². The average Bonchev–Trinajstić information content (AvgIpc) is 2.83. The van der Waals surface area contributed by atoms with Crippen LogP contribution in [0.15, 0.2) is 10.3 Å². The molecule has 2 rings (SSSR count). The van der Waals surface area contributed by atoms with Gasteiger partial charge in [-0.3, -0.25) is 0 Å². The lowest BCUT2D eigenvalue weighted by atomic mass is 10.5. The molecule has 0 aliphatic carbocycles. The van der Waals surface area contributed by atoms with E-state index < -0.39 is 0 Å². The standard InChI is InChI=1S/C20H36N10S4/c1-7-21-15-23-17(29(9-3)10-4)27-19(25-15)33-31-13-14-32-34-20-26-16(22-8-2)24-18(28-20)30(11-5)12-6/h7-14H2,1-6H3,(H,21,23,25,27)(H,22,24,26,28). The van der Waals surface area contributed by atoms with Gasteiger partial charge in [0.1, 0.15) is 0 Å². The maximum atomic E-state index is 4.65. The van der Waals surface area contributed by atoms with Crippen molar-refractivity contribution in [3.05, 3.63) is 0 Å². The molecular weight excluding hydrogens is 509 g/mol. The minimum atomic E-state index is 0.628. The number of hydrogen-bond acceptors (Lipinski definition) is 14. The molecule has 0 saturated carbocycles. The summed E-state index contributed by atoms with van der Waals surface area (Å²) in [6.07, 6.45) is 0. The smallest absolute Gasteiger partial charge is 0.231 e. The molecule has 0 bridgehead atoms. The molecule has 2 heterocycles. The first-order valence-electron chi connectivity index (χ1n) is 11.7. The third-order valence-corrected chi connectivity index (χ3v) is 8.99. The van der Waals surface area contributed by atoms with Crippen LogP contribution in [0, 0.1) is 0 Å². The second-order valence-electron chi connectivity index (χ2n) is 6.70. The fourth-order valence-corrected chi connectivity index (χ4v) is 7.00. The Balaban J connectivity index is 1.89. The highest BCUT2D eigenvalue weighted by Crippen LogP contribution is 2.34. The molecule has 0 aromatic carbocycles. The summed E-state index contributed by atoms with van der Waals surface area (Å²) in [7, 11) is 6.66. The molecule has 2 N–H and O–H groups in total. The van der Waals surface area contributed by atoms with Gasteiger partial charge in [0.05, 0.1) is 0 Å². The molecule has 2 aromatic heterocycles. The van der Waals surface area contributed by atoms with Crippen molar-refractivity contribution in [2.24, 2.45) is 0 Å². The van der Waals surface area contributed by atoms with Gasteiger partial charge in [0.2, 0.25) is 34.1 Å². The quantitative estimate of drug-likeness (QED) is 0.210. The van der Waals surface area contributed by atoms with E-state index in [1.165, 1.54) is 0 Å². The minimum absolute atomic E-state index is 0.628. The van der Waals surface area contributed by atoms with E-state index in [1.54, 1.807) is 43.2 Å². The highest BCUT2D eigenvalue weighted by atomic mass is 33.1. The molecule has 190 valence electrons. The first-order valence-corrected chi connectivity index (χ1v) is 16.3. The highest BCUT2D eigenvalue weighted by molar-refractivity contribution is 8.78. The molecule has 0 aliphatic rings. The summed E-state index contributed by atoms with van der Waals surface area (Å²) in [5.41, 5.74) is 0. The molecule has 0 fully saturated rings. The molecule has 0 atom stereocenters. The third-order valence-electron chi connectivity index (χ3n) is 4.49. The van der Waals surface area contributed by atoms with Gasteiger partial charge in [-0.15, -0.1) is 0 Å². The summed E-state index contributed by atoms with van der Waals surface area (Å²) < 4.78 is 0. The average molecular weight is 545 g/mol. The van der Waals surface area contributed by atoms with Crippen LogP contribution in [-0.2, 0) is 0 Å². The molecule has 0 spiro atoms. The SMILES string of the molecule is CCNc1nc(SSCCSSc2nc(NCC)nc(N(CC)CC)n2)nc(N(CC)CC)n1. The van der Waals surface area contributed by atoms with Gasteiger partial charge in [-0.2, -0.15) is 29.9 Å². The number of rotatable bonds is 17. The maximum Gasteiger partial charge on any atom is 0.231 e. The zero-order valence-electron chi connectivity index (χ0n) is 20.9. The van der Waals surface area contributed by atoms with Crippen LogP contribution in [0.2, 0.25) is 0 Å². The first kappa shape index (κ1) is 28.9. The van der Waals surface area contributed by atoms with Crippen molar-refractivity contribution in [1.82, 2.24) is 29.9 Å². The van der Waals surface area contributed by atoms with Gasteiger partial charge in [-0.25, -0.2) is 0 Å². The second kappa shape index (κ2) is 16.3. The zero-order valence-corrected chi connectivity index (χ0v) is 24.1. The fraction of sp³-hybridized carbons (Fsp3) is 0.700. The minimum Gasteiger partial charge on any atom is -0.354 e. The van der Waals surface area contributed by atoms with Gasteiger partial charge in [0.15, 0.2) is 0 Å². The number of nitrogens with zero attached hydrogens (tertiary/aromatic N) is 8. The number of hydrogen-bond donors (Lipinski definition) is 2.